The van der Waals surface area contributed by atoms with Gasteiger partial charge >= 0.3 is 6.18 Å². The van der Waals surface area contributed by atoms with Crippen molar-refractivity contribution < 1.29 is 21.6 Å². The normalized spacial score (nSPS) is 13.1. The maximum absolute atomic E-state index is 11.7. The summed E-state index contributed by atoms with van der Waals surface area (Å²) in [6.07, 6.45) is -3.45. The summed E-state index contributed by atoms with van der Waals surface area (Å²) in [6.45, 7) is -1.08. The van der Waals surface area contributed by atoms with E-state index in [9.17, 15) is 21.6 Å². The Labute approximate surface area is 86.4 Å². The van der Waals surface area contributed by atoms with E-state index in [1.54, 1.807) is 0 Å². The van der Waals surface area contributed by atoms with Crippen LogP contribution in [0.1, 0.15) is 12.8 Å². The Morgan fingerprint density at radius 1 is 1.13 bits per heavy atom. The van der Waals surface area contributed by atoms with Gasteiger partial charge in [-0.05, 0) is 19.4 Å². The third kappa shape index (κ3) is 9.91. The van der Waals surface area contributed by atoms with Gasteiger partial charge in [0.1, 0.15) is 6.54 Å². The van der Waals surface area contributed by atoms with Crippen LogP contribution in [0, 0.1) is 0 Å². The van der Waals surface area contributed by atoms with Crippen molar-refractivity contribution in [2.24, 2.45) is 5.73 Å². The Balaban J connectivity index is 3.78. The predicted molar refractivity (Wildman–Crippen MR) is 49.3 cm³/mol. The zero-order chi connectivity index (χ0) is 11.9. The van der Waals surface area contributed by atoms with Gasteiger partial charge in [-0.25, -0.2) is 4.72 Å². The largest absolute Gasteiger partial charge is 0.402 e. The second-order valence-corrected chi connectivity index (χ2v) is 4.41. The third-order valence-electron chi connectivity index (χ3n) is 1.39. The minimum atomic E-state index is -4.55. The highest BCUT2D eigenvalue weighted by atomic mass is 32.2. The summed E-state index contributed by atoms with van der Waals surface area (Å²) < 4.78 is 60.1. The molecule has 0 bridgehead atoms. The number of hydrogen-bond donors (Lipinski definition) is 3. The van der Waals surface area contributed by atoms with E-state index in [1.807, 2.05) is 4.72 Å². The van der Waals surface area contributed by atoms with Crippen molar-refractivity contribution in [3.63, 3.8) is 0 Å². The first-order chi connectivity index (χ1) is 6.77. The molecule has 0 aliphatic rings. The molecule has 0 aliphatic carbocycles. The molecule has 0 saturated heterocycles. The molecule has 9 heteroatoms. The van der Waals surface area contributed by atoms with Gasteiger partial charge in [0.15, 0.2) is 0 Å². The van der Waals surface area contributed by atoms with Crippen LogP contribution in [0.15, 0.2) is 0 Å². The Hall–Kier alpha value is -0.380. The zero-order valence-corrected chi connectivity index (χ0v) is 8.79. The molecule has 0 heterocycles. The first kappa shape index (κ1) is 14.6. The number of hydrogen-bond acceptors (Lipinski definition) is 3. The lowest BCUT2D eigenvalue weighted by atomic mass is 10.3. The van der Waals surface area contributed by atoms with Crippen LogP contribution in [0.5, 0.6) is 0 Å². The van der Waals surface area contributed by atoms with Crippen molar-refractivity contribution in [2.75, 3.05) is 19.6 Å². The van der Waals surface area contributed by atoms with Crippen molar-refractivity contribution in [1.82, 2.24) is 9.44 Å². The first-order valence-corrected chi connectivity index (χ1v) is 5.76. The van der Waals surface area contributed by atoms with Crippen molar-refractivity contribution in [2.45, 2.75) is 19.0 Å². The average molecular weight is 249 g/mol. The summed E-state index contributed by atoms with van der Waals surface area (Å²) in [6, 6.07) is 0. The van der Waals surface area contributed by atoms with Gasteiger partial charge in [-0.2, -0.15) is 26.3 Å². The lowest BCUT2D eigenvalue weighted by Gasteiger charge is -2.09. The average Bonchev–Trinajstić information content (AvgIpc) is 2.09. The van der Waals surface area contributed by atoms with E-state index in [-0.39, 0.29) is 6.54 Å². The third-order valence-corrected chi connectivity index (χ3v) is 2.49. The summed E-state index contributed by atoms with van der Waals surface area (Å²) in [5.41, 5.74) is 5.15. The molecule has 5 nitrogen and oxygen atoms in total. The van der Waals surface area contributed by atoms with Gasteiger partial charge in [0, 0.05) is 6.54 Å². The van der Waals surface area contributed by atoms with Gasteiger partial charge in [-0.1, -0.05) is 0 Å². The lowest BCUT2D eigenvalue weighted by molar-refractivity contribution is -0.121. The monoisotopic (exact) mass is 249 g/mol. The van der Waals surface area contributed by atoms with Gasteiger partial charge in [-0.3, -0.25) is 0 Å². The summed E-state index contributed by atoms with van der Waals surface area (Å²) in [5.74, 6) is 0. The molecule has 4 N–H and O–H groups in total. The molecule has 0 aromatic rings. The fourth-order valence-corrected chi connectivity index (χ4v) is 1.57. The molecule has 0 fully saturated rings. The van der Waals surface area contributed by atoms with Crippen molar-refractivity contribution in [1.29, 1.82) is 0 Å². The van der Waals surface area contributed by atoms with Crippen LogP contribution in [0.25, 0.3) is 0 Å². The van der Waals surface area contributed by atoms with Crippen LogP contribution in [-0.4, -0.2) is 34.2 Å². The molecule has 0 atom stereocenters. The second-order valence-electron chi connectivity index (χ2n) is 2.83. The first-order valence-electron chi connectivity index (χ1n) is 4.28. The molecule has 0 spiro atoms. The summed E-state index contributed by atoms with van der Waals surface area (Å²) >= 11 is 0. The highest BCUT2D eigenvalue weighted by molar-refractivity contribution is 7.87. The standard InChI is InChI=1S/C6H14F3N3O2S/c7-6(8,9)5-12-15(13,14)11-4-2-1-3-10/h11-12H,1-5,10H2. The second kappa shape index (κ2) is 6.26. The van der Waals surface area contributed by atoms with E-state index in [4.69, 9.17) is 5.73 Å². The van der Waals surface area contributed by atoms with Crippen LogP contribution in [0.4, 0.5) is 13.2 Å². The molecule has 92 valence electrons. The maximum Gasteiger partial charge on any atom is 0.402 e. The number of nitrogens with one attached hydrogen (secondary N) is 2. The molecule has 0 amide bonds. The van der Waals surface area contributed by atoms with E-state index >= 15 is 0 Å². The van der Waals surface area contributed by atoms with Gasteiger partial charge in [-0.15, -0.1) is 0 Å². The quantitative estimate of drug-likeness (QED) is 0.542. The molecule has 0 saturated carbocycles. The molecule has 0 aliphatic heterocycles. The van der Waals surface area contributed by atoms with Crippen LogP contribution in [0.3, 0.4) is 0 Å². The SMILES string of the molecule is NCCCCNS(=O)(=O)NCC(F)(F)F. The maximum atomic E-state index is 11.7. The molecule has 0 unspecified atom stereocenters. The highest BCUT2D eigenvalue weighted by Crippen LogP contribution is 2.12. The number of unbranched alkanes of at least 4 members (excludes halogenated alkanes) is 1. The van der Waals surface area contributed by atoms with E-state index in [0.717, 1.165) is 0 Å². The number of halogens is 3. The minimum absolute atomic E-state index is 0.0738. The van der Waals surface area contributed by atoms with Crippen LogP contribution in [-0.2, 0) is 10.2 Å². The van der Waals surface area contributed by atoms with Crippen molar-refractivity contribution in [3.05, 3.63) is 0 Å². The van der Waals surface area contributed by atoms with E-state index < -0.39 is 22.9 Å². The number of rotatable bonds is 7. The van der Waals surface area contributed by atoms with Crippen LogP contribution in [0.2, 0.25) is 0 Å². The Morgan fingerprint density at radius 3 is 2.20 bits per heavy atom. The van der Waals surface area contributed by atoms with E-state index in [1.165, 1.54) is 4.72 Å². The molecular weight excluding hydrogens is 235 g/mol. The van der Waals surface area contributed by atoms with Crippen molar-refractivity contribution in [3.8, 4) is 0 Å². The van der Waals surface area contributed by atoms with E-state index in [0.29, 0.717) is 19.4 Å². The zero-order valence-electron chi connectivity index (χ0n) is 7.97. The van der Waals surface area contributed by atoms with Crippen LogP contribution < -0.4 is 15.2 Å². The summed E-state index contributed by atoms with van der Waals surface area (Å²) in [5, 5.41) is 0. The van der Waals surface area contributed by atoms with Crippen LogP contribution >= 0.6 is 0 Å². The highest BCUT2D eigenvalue weighted by Gasteiger charge is 2.29. The lowest BCUT2D eigenvalue weighted by Crippen LogP contribution is -2.41. The molecule has 0 rings (SSSR count). The smallest absolute Gasteiger partial charge is 0.330 e. The van der Waals surface area contributed by atoms with Crippen molar-refractivity contribution >= 4 is 10.2 Å². The Kier molecular flexibility index (Phi) is 6.10. The summed E-state index contributed by atoms with van der Waals surface area (Å²) in [7, 11) is -4.06. The predicted octanol–water partition coefficient (Wildman–Crippen LogP) is -0.288. The molecule has 0 aromatic heterocycles. The Bertz CT molecular complexity index is 265. The topological polar surface area (TPSA) is 84.2 Å². The van der Waals surface area contributed by atoms with Gasteiger partial charge < -0.3 is 5.73 Å². The number of alkyl halides is 3. The van der Waals surface area contributed by atoms with Gasteiger partial charge in [0.25, 0.3) is 10.2 Å². The molecular formula is C6H14F3N3O2S. The molecule has 15 heavy (non-hydrogen) atoms. The van der Waals surface area contributed by atoms with Gasteiger partial charge in [0.2, 0.25) is 0 Å². The molecule has 0 aromatic carbocycles. The fourth-order valence-electron chi connectivity index (χ4n) is 0.704. The van der Waals surface area contributed by atoms with Gasteiger partial charge in [0.05, 0.1) is 0 Å². The minimum Gasteiger partial charge on any atom is -0.330 e. The molecule has 0 radical (unpaired) electrons. The Morgan fingerprint density at radius 2 is 1.73 bits per heavy atom. The fraction of sp³-hybridized carbons (Fsp3) is 1.00. The summed E-state index contributed by atoms with van der Waals surface area (Å²) in [4.78, 5) is 0. The van der Waals surface area contributed by atoms with E-state index in [2.05, 4.69) is 0 Å². The number of nitrogens with two attached hydrogens (primary N) is 1.